The summed E-state index contributed by atoms with van der Waals surface area (Å²) in [6, 6.07) is 10.4. The lowest BCUT2D eigenvalue weighted by Crippen LogP contribution is -2.66. The average molecular weight is 385 g/mol. The minimum absolute atomic E-state index is 0.342. The van der Waals surface area contributed by atoms with Gasteiger partial charge in [0.2, 0.25) is 0 Å². The quantitative estimate of drug-likeness (QED) is 0.702. The number of fused-ring (bicyclic) bond motifs is 3. The van der Waals surface area contributed by atoms with Gasteiger partial charge in [0.05, 0.1) is 26.2 Å². The summed E-state index contributed by atoms with van der Waals surface area (Å²) in [5.41, 5.74) is 0.240. The smallest absolute Gasteiger partial charge is 0.116 e. The first kappa shape index (κ1) is 19.1. The van der Waals surface area contributed by atoms with Crippen LogP contribution in [0.4, 0.5) is 0 Å². The van der Waals surface area contributed by atoms with Crippen LogP contribution in [0.5, 0.6) is 0 Å². The topological polar surface area (TPSA) is 29.5 Å². The zero-order valence-corrected chi connectivity index (χ0v) is 17.4. The predicted molar refractivity (Wildman–Crippen MR) is 112 cm³/mol. The van der Waals surface area contributed by atoms with Gasteiger partial charge in [-0.1, -0.05) is 49.6 Å². The Balaban J connectivity index is 1.29. The van der Waals surface area contributed by atoms with Gasteiger partial charge in [0.1, 0.15) is 18.2 Å². The van der Waals surface area contributed by atoms with Gasteiger partial charge in [-0.05, 0) is 37.2 Å². The van der Waals surface area contributed by atoms with Crippen LogP contribution in [0.25, 0.3) is 0 Å². The van der Waals surface area contributed by atoms with Crippen LogP contribution in [0.2, 0.25) is 0 Å². The molecule has 1 aromatic carbocycles. The molecule has 0 unspecified atom stereocenters. The van der Waals surface area contributed by atoms with E-state index in [1.54, 1.807) is 0 Å². The molecule has 2 saturated carbocycles. The molecule has 3 aliphatic heterocycles. The highest BCUT2D eigenvalue weighted by Crippen LogP contribution is 2.43. The van der Waals surface area contributed by atoms with Crippen molar-refractivity contribution in [1.82, 2.24) is 0 Å². The molecular formula is C25H38NO2+. The molecule has 3 nitrogen and oxygen atoms in total. The van der Waals surface area contributed by atoms with Gasteiger partial charge in [-0.15, -0.1) is 0 Å². The van der Waals surface area contributed by atoms with Crippen molar-refractivity contribution in [3.63, 3.8) is 0 Å². The van der Waals surface area contributed by atoms with Crippen molar-refractivity contribution in [3.8, 4) is 0 Å². The third-order valence-corrected chi connectivity index (χ3v) is 8.73. The molecule has 2 bridgehead atoms. The second-order valence-corrected chi connectivity index (χ2v) is 10.4. The van der Waals surface area contributed by atoms with Gasteiger partial charge in [0.15, 0.2) is 0 Å². The summed E-state index contributed by atoms with van der Waals surface area (Å²) in [4.78, 5) is 0. The molecule has 0 amide bonds. The van der Waals surface area contributed by atoms with Crippen molar-refractivity contribution in [2.45, 2.75) is 69.5 Å². The molecule has 3 saturated heterocycles. The molecule has 0 aromatic heterocycles. The number of nitrogens with zero attached hydrogens (tertiary/aromatic N) is 1. The van der Waals surface area contributed by atoms with Gasteiger partial charge in [-0.2, -0.15) is 0 Å². The Kier molecular flexibility index (Phi) is 5.27. The molecular weight excluding hydrogens is 346 g/mol. The molecule has 5 fully saturated rings. The van der Waals surface area contributed by atoms with Crippen molar-refractivity contribution in [2.24, 2.45) is 17.8 Å². The second-order valence-electron chi connectivity index (χ2n) is 10.4. The molecule has 154 valence electrons. The van der Waals surface area contributed by atoms with E-state index in [2.05, 4.69) is 24.3 Å². The Morgan fingerprint density at radius 2 is 1.64 bits per heavy atom. The molecule has 6 rings (SSSR count). The molecule has 3 heteroatoms. The third-order valence-electron chi connectivity index (χ3n) is 8.73. The van der Waals surface area contributed by atoms with E-state index in [1.807, 2.05) is 6.07 Å². The van der Waals surface area contributed by atoms with Crippen LogP contribution < -0.4 is 0 Å². The fourth-order valence-electron chi connectivity index (χ4n) is 6.69. The van der Waals surface area contributed by atoms with Crippen LogP contribution >= 0.6 is 0 Å². The van der Waals surface area contributed by atoms with E-state index < -0.39 is 5.60 Å². The van der Waals surface area contributed by atoms with E-state index in [4.69, 9.17) is 4.74 Å². The number of benzene rings is 1. The maximum Gasteiger partial charge on any atom is 0.116 e. The number of hydrogen-bond donors (Lipinski definition) is 1. The van der Waals surface area contributed by atoms with E-state index in [0.29, 0.717) is 24.5 Å². The fourth-order valence-corrected chi connectivity index (χ4v) is 6.69. The van der Waals surface area contributed by atoms with E-state index in [0.717, 1.165) is 24.3 Å². The Hall–Kier alpha value is -0.900. The SMILES string of the molecule is O[C@@](CO[C@H]1C[N+]2(CC3CCC3)CCC1CC2)(c1ccccc1)C1CCCC1. The number of quaternary nitrogens is 1. The largest absolute Gasteiger partial charge is 0.382 e. The van der Waals surface area contributed by atoms with E-state index in [1.165, 1.54) is 75.6 Å². The molecule has 1 aromatic rings. The van der Waals surface area contributed by atoms with Gasteiger partial charge in [0.25, 0.3) is 0 Å². The molecule has 3 heterocycles. The molecule has 0 radical (unpaired) electrons. The number of ether oxygens (including phenoxy) is 1. The number of rotatable bonds is 7. The molecule has 5 aliphatic rings. The maximum atomic E-state index is 11.8. The van der Waals surface area contributed by atoms with Gasteiger partial charge in [-0.3, -0.25) is 0 Å². The normalized spacial score (nSPS) is 35.6. The summed E-state index contributed by atoms with van der Waals surface area (Å²) in [5.74, 6) is 2.02. The highest BCUT2D eigenvalue weighted by atomic mass is 16.5. The van der Waals surface area contributed by atoms with Gasteiger partial charge in [-0.25, -0.2) is 0 Å². The van der Waals surface area contributed by atoms with Gasteiger partial charge >= 0.3 is 0 Å². The lowest BCUT2D eigenvalue weighted by atomic mass is 9.78. The van der Waals surface area contributed by atoms with Crippen LogP contribution in [0.15, 0.2) is 30.3 Å². The maximum absolute atomic E-state index is 11.8. The minimum Gasteiger partial charge on any atom is -0.382 e. The van der Waals surface area contributed by atoms with E-state index >= 15 is 0 Å². The number of piperidine rings is 3. The van der Waals surface area contributed by atoms with E-state index in [-0.39, 0.29) is 0 Å². The first-order valence-electron chi connectivity index (χ1n) is 11.9. The van der Waals surface area contributed by atoms with Gasteiger partial charge in [0, 0.05) is 24.7 Å². The summed E-state index contributed by atoms with van der Waals surface area (Å²) in [5, 5.41) is 11.8. The van der Waals surface area contributed by atoms with Crippen LogP contribution in [0.3, 0.4) is 0 Å². The highest BCUT2D eigenvalue weighted by Gasteiger charge is 2.49. The predicted octanol–water partition coefficient (Wildman–Crippen LogP) is 4.49. The Morgan fingerprint density at radius 1 is 0.929 bits per heavy atom. The lowest BCUT2D eigenvalue weighted by molar-refractivity contribution is -0.950. The Morgan fingerprint density at radius 3 is 2.29 bits per heavy atom. The van der Waals surface area contributed by atoms with Crippen LogP contribution in [-0.2, 0) is 10.3 Å². The standard InChI is InChI=1S/C25H38NO2/c27-25(23-11-4-5-12-23,22-9-2-1-3-10-22)19-28-24-18-26(17-20-7-6-8-20)15-13-21(24)14-16-26/h1-3,9-10,20-21,23-24,27H,4-8,11-19H2/q+1/t21?,24-,25-,26?/m0/s1. The van der Waals surface area contributed by atoms with Crippen molar-refractivity contribution in [1.29, 1.82) is 0 Å². The van der Waals surface area contributed by atoms with Gasteiger partial charge < -0.3 is 14.3 Å². The van der Waals surface area contributed by atoms with Crippen molar-refractivity contribution >= 4 is 0 Å². The highest BCUT2D eigenvalue weighted by molar-refractivity contribution is 5.24. The van der Waals surface area contributed by atoms with Crippen LogP contribution in [0, 0.1) is 17.8 Å². The fraction of sp³-hybridized carbons (Fsp3) is 0.760. The Labute approximate surface area is 170 Å². The van der Waals surface area contributed by atoms with Crippen LogP contribution in [0.1, 0.15) is 63.4 Å². The molecule has 2 atom stereocenters. The molecule has 0 spiro atoms. The van der Waals surface area contributed by atoms with Crippen molar-refractivity contribution < 1.29 is 14.3 Å². The first-order valence-corrected chi connectivity index (χ1v) is 11.9. The first-order chi connectivity index (χ1) is 13.7. The zero-order chi connectivity index (χ0) is 19.0. The van der Waals surface area contributed by atoms with Crippen molar-refractivity contribution in [2.75, 3.05) is 32.8 Å². The number of aliphatic hydroxyl groups is 1. The average Bonchev–Trinajstić information content (AvgIpc) is 3.26. The third kappa shape index (κ3) is 3.55. The number of hydrogen-bond acceptors (Lipinski definition) is 2. The summed E-state index contributed by atoms with van der Waals surface area (Å²) in [6.45, 7) is 5.79. The zero-order valence-electron chi connectivity index (χ0n) is 17.4. The molecule has 1 N–H and O–H groups in total. The Bertz CT molecular complexity index is 644. The summed E-state index contributed by atoms with van der Waals surface area (Å²) < 4.78 is 7.95. The summed E-state index contributed by atoms with van der Waals surface area (Å²) in [7, 11) is 0. The summed E-state index contributed by atoms with van der Waals surface area (Å²) in [6.07, 6.45) is 12.1. The van der Waals surface area contributed by atoms with Crippen LogP contribution in [-0.4, -0.2) is 48.5 Å². The second kappa shape index (κ2) is 7.74. The minimum atomic E-state index is -0.817. The molecule has 2 aliphatic carbocycles. The summed E-state index contributed by atoms with van der Waals surface area (Å²) >= 11 is 0. The van der Waals surface area contributed by atoms with E-state index in [9.17, 15) is 5.11 Å². The van der Waals surface area contributed by atoms with Crippen molar-refractivity contribution in [3.05, 3.63) is 35.9 Å². The monoisotopic (exact) mass is 384 g/mol. The molecule has 28 heavy (non-hydrogen) atoms. The lowest BCUT2D eigenvalue weighted by Gasteiger charge is -2.54.